The number of benzene rings is 1. The molecule has 1 amide bonds. The molecule has 0 fully saturated rings. The quantitative estimate of drug-likeness (QED) is 0.495. The highest BCUT2D eigenvalue weighted by Crippen LogP contribution is 2.09. The zero-order valence-electron chi connectivity index (χ0n) is 14.8. The van der Waals surface area contributed by atoms with Crippen LogP contribution >= 0.6 is 0 Å². The SMILES string of the molecule is Cc1ccn(-c2cc(NCCNC(=O)/C=C/c3ccccc3F)ncn2)n1. The van der Waals surface area contributed by atoms with E-state index >= 15 is 0 Å². The van der Waals surface area contributed by atoms with Crippen LogP contribution in [-0.2, 0) is 4.79 Å². The molecule has 2 aromatic heterocycles. The maximum absolute atomic E-state index is 13.5. The summed E-state index contributed by atoms with van der Waals surface area (Å²) in [5, 5.41) is 10.1. The van der Waals surface area contributed by atoms with Crippen LogP contribution in [0.5, 0.6) is 0 Å². The second kappa shape index (κ2) is 8.70. The Balaban J connectivity index is 1.46. The average Bonchev–Trinajstić information content (AvgIpc) is 3.11. The molecule has 0 saturated heterocycles. The Hall–Kier alpha value is -3.55. The number of anilines is 1. The van der Waals surface area contributed by atoms with Crippen molar-refractivity contribution in [1.82, 2.24) is 25.1 Å². The highest BCUT2D eigenvalue weighted by molar-refractivity contribution is 5.91. The molecule has 0 unspecified atom stereocenters. The monoisotopic (exact) mass is 366 g/mol. The molecule has 2 heterocycles. The molecule has 0 bridgehead atoms. The molecule has 7 nitrogen and oxygen atoms in total. The molecule has 0 aliphatic carbocycles. The van der Waals surface area contributed by atoms with E-state index in [1.165, 1.54) is 24.5 Å². The largest absolute Gasteiger partial charge is 0.368 e. The molecule has 0 spiro atoms. The molecule has 27 heavy (non-hydrogen) atoms. The van der Waals surface area contributed by atoms with E-state index in [1.54, 1.807) is 28.9 Å². The van der Waals surface area contributed by atoms with Gasteiger partial charge in [-0.05, 0) is 25.1 Å². The number of nitrogens with zero attached hydrogens (tertiary/aromatic N) is 4. The fourth-order valence-corrected chi connectivity index (χ4v) is 2.32. The molecular weight excluding hydrogens is 347 g/mol. The van der Waals surface area contributed by atoms with Crippen molar-refractivity contribution in [2.75, 3.05) is 18.4 Å². The summed E-state index contributed by atoms with van der Waals surface area (Å²) in [5.74, 6) is 0.618. The van der Waals surface area contributed by atoms with Gasteiger partial charge in [-0.1, -0.05) is 18.2 Å². The highest BCUT2D eigenvalue weighted by Gasteiger charge is 2.03. The lowest BCUT2D eigenvalue weighted by atomic mass is 10.2. The average molecular weight is 366 g/mol. The summed E-state index contributed by atoms with van der Waals surface area (Å²) in [5.41, 5.74) is 1.27. The van der Waals surface area contributed by atoms with Crippen molar-refractivity contribution in [3.05, 3.63) is 72.1 Å². The molecule has 3 aromatic rings. The Bertz CT molecular complexity index is 953. The second-order valence-electron chi connectivity index (χ2n) is 5.74. The molecule has 0 saturated carbocycles. The number of carbonyl (C=O) groups is 1. The van der Waals surface area contributed by atoms with Crippen molar-refractivity contribution in [3.63, 3.8) is 0 Å². The van der Waals surface area contributed by atoms with Gasteiger partial charge in [0.15, 0.2) is 5.82 Å². The third-order valence-electron chi connectivity index (χ3n) is 3.66. The van der Waals surface area contributed by atoms with Gasteiger partial charge in [0, 0.05) is 37.0 Å². The predicted octanol–water partition coefficient (Wildman–Crippen LogP) is 2.35. The van der Waals surface area contributed by atoms with Crippen LogP contribution < -0.4 is 10.6 Å². The molecule has 0 aliphatic rings. The number of carbonyl (C=O) groups excluding carboxylic acids is 1. The van der Waals surface area contributed by atoms with E-state index in [9.17, 15) is 9.18 Å². The normalized spacial score (nSPS) is 10.9. The maximum Gasteiger partial charge on any atom is 0.244 e. The van der Waals surface area contributed by atoms with Gasteiger partial charge in [0.2, 0.25) is 5.91 Å². The minimum Gasteiger partial charge on any atom is -0.368 e. The summed E-state index contributed by atoms with van der Waals surface area (Å²) < 4.78 is 15.1. The van der Waals surface area contributed by atoms with Crippen LogP contribution in [0, 0.1) is 12.7 Å². The summed E-state index contributed by atoms with van der Waals surface area (Å²) in [6, 6.07) is 9.93. The van der Waals surface area contributed by atoms with Crippen LogP contribution in [0.3, 0.4) is 0 Å². The zero-order chi connectivity index (χ0) is 19.1. The number of rotatable bonds is 7. The van der Waals surface area contributed by atoms with Gasteiger partial charge in [0.25, 0.3) is 0 Å². The first kappa shape index (κ1) is 18.2. The van der Waals surface area contributed by atoms with Gasteiger partial charge in [-0.2, -0.15) is 5.10 Å². The summed E-state index contributed by atoms with van der Waals surface area (Å²) in [4.78, 5) is 20.1. The number of aromatic nitrogens is 4. The first-order valence-corrected chi connectivity index (χ1v) is 8.41. The first-order chi connectivity index (χ1) is 13.1. The van der Waals surface area contributed by atoms with Crippen molar-refractivity contribution < 1.29 is 9.18 Å². The minimum absolute atomic E-state index is 0.296. The Morgan fingerprint density at radius 1 is 1.22 bits per heavy atom. The number of aryl methyl sites for hydroxylation is 1. The van der Waals surface area contributed by atoms with E-state index in [1.807, 2.05) is 19.2 Å². The van der Waals surface area contributed by atoms with Gasteiger partial charge in [-0.3, -0.25) is 4.79 Å². The fourth-order valence-electron chi connectivity index (χ4n) is 2.32. The van der Waals surface area contributed by atoms with Crippen molar-refractivity contribution in [2.24, 2.45) is 0 Å². The van der Waals surface area contributed by atoms with Gasteiger partial charge in [-0.15, -0.1) is 0 Å². The summed E-state index contributed by atoms with van der Waals surface area (Å²) in [7, 11) is 0. The van der Waals surface area contributed by atoms with E-state index in [-0.39, 0.29) is 11.7 Å². The number of hydrogen-bond acceptors (Lipinski definition) is 5. The number of hydrogen-bond donors (Lipinski definition) is 2. The summed E-state index contributed by atoms with van der Waals surface area (Å²) in [6.07, 6.45) is 6.02. The van der Waals surface area contributed by atoms with Crippen LogP contribution in [0.4, 0.5) is 10.2 Å². The summed E-state index contributed by atoms with van der Waals surface area (Å²) >= 11 is 0. The number of nitrogens with one attached hydrogen (secondary N) is 2. The Labute approximate surface area is 156 Å². The van der Waals surface area contributed by atoms with E-state index in [0.29, 0.717) is 30.3 Å². The molecule has 0 atom stereocenters. The molecule has 138 valence electrons. The molecule has 1 aromatic carbocycles. The van der Waals surface area contributed by atoms with Crippen LogP contribution in [0.2, 0.25) is 0 Å². The first-order valence-electron chi connectivity index (χ1n) is 8.41. The van der Waals surface area contributed by atoms with Crippen molar-refractivity contribution >= 4 is 17.8 Å². The lowest BCUT2D eigenvalue weighted by molar-refractivity contribution is -0.116. The topological polar surface area (TPSA) is 84.7 Å². The van der Waals surface area contributed by atoms with Crippen LogP contribution in [-0.4, -0.2) is 38.7 Å². The Morgan fingerprint density at radius 3 is 2.85 bits per heavy atom. The van der Waals surface area contributed by atoms with E-state index < -0.39 is 0 Å². The van der Waals surface area contributed by atoms with E-state index in [2.05, 4.69) is 25.7 Å². The summed E-state index contributed by atoms with van der Waals surface area (Å²) in [6.45, 7) is 2.77. The highest BCUT2D eigenvalue weighted by atomic mass is 19.1. The third-order valence-corrected chi connectivity index (χ3v) is 3.66. The van der Waals surface area contributed by atoms with Gasteiger partial charge in [-0.25, -0.2) is 19.0 Å². The molecule has 0 radical (unpaired) electrons. The smallest absolute Gasteiger partial charge is 0.244 e. The predicted molar refractivity (Wildman–Crippen MR) is 101 cm³/mol. The van der Waals surface area contributed by atoms with Crippen molar-refractivity contribution in [1.29, 1.82) is 0 Å². The van der Waals surface area contributed by atoms with Crippen molar-refractivity contribution in [2.45, 2.75) is 6.92 Å². The maximum atomic E-state index is 13.5. The Kier molecular flexibility index (Phi) is 5.88. The molecule has 3 rings (SSSR count). The minimum atomic E-state index is -0.366. The van der Waals surface area contributed by atoms with Gasteiger partial charge in [0.1, 0.15) is 18.0 Å². The van der Waals surface area contributed by atoms with E-state index in [0.717, 1.165) is 5.69 Å². The van der Waals surface area contributed by atoms with E-state index in [4.69, 9.17) is 0 Å². The van der Waals surface area contributed by atoms with Gasteiger partial charge in [0.05, 0.1) is 5.69 Å². The number of amides is 1. The zero-order valence-corrected chi connectivity index (χ0v) is 14.8. The fraction of sp³-hybridized carbons (Fsp3) is 0.158. The van der Waals surface area contributed by atoms with Gasteiger partial charge < -0.3 is 10.6 Å². The van der Waals surface area contributed by atoms with Gasteiger partial charge >= 0.3 is 0 Å². The third kappa shape index (κ3) is 5.21. The number of halogens is 1. The van der Waals surface area contributed by atoms with Crippen LogP contribution in [0.25, 0.3) is 11.9 Å². The molecule has 0 aliphatic heterocycles. The molecule has 2 N–H and O–H groups in total. The Morgan fingerprint density at radius 2 is 2.07 bits per heavy atom. The van der Waals surface area contributed by atoms with Crippen molar-refractivity contribution in [3.8, 4) is 5.82 Å². The molecule has 8 heteroatoms. The second-order valence-corrected chi connectivity index (χ2v) is 5.74. The lowest BCUT2D eigenvalue weighted by Gasteiger charge is -2.07. The van der Waals surface area contributed by atoms with Crippen LogP contribution in [0.15, 0.2) is 55.0 Å². The standard InChI is InChI=1S/C19H19FN6O/c1-14-8-11-26(25-14)18-12-17(23-13-24-18)21-9-10-22-19(27)7-6-15-4-2-3-5-16(15)20/h2-8,11-13H,9-10H2,1H3,(H,22,27)(H,21,23,24)/b7-6+. The van der Waals surface area contributed by atoms with Crippen LogP contribution in [0.1, 0.15) is 11.3 Å². The lowest BCUT2D eigenvalue weighted by Crippen LogP contribution is -2.27. The molecular formula is C19H19FN6O.